The van der Waals surface area contributed by atoms with Gasteiger partial charge in [-0.1, -0.05) is 41.4 Å². The Labute approximate surface area is 197 Å². The van der Waals surface area contributed by atoms with Crippen LogP contribution >= 0.6 is 11.6 Å². The highest BCUT2D eigenvalue weighted by Crippen LogP contribution is 2.29. The Morgan fingerprint density at radius 1 is 1.03 bits per heavy atom. The van der Waals surface area contributed by atoms with Crippen molar-refractivity contribution in [2.24, 2.45) is 5.10 Å². The topological polar surface area (TPSA) is 89.0 Å². The number of amides is 1. The fraction of sp³-hybridized carbons (Fsp3) is 0.160. The summed E-state index contributed by atoms with van der Waals surface area (Å²) in [7, 11) is 0. The molecule has 0 heterocycles. The van der Waals surface area contributed by atoms with Crippen LogP contribution in [-0.4, -0.2) is 31.2 Å². The van der Waals surface area contributed by atoms with Crippen molar-refractivity contribution in [1.82, 2.24) is 5.43 Å². The Kier molecular flexibility index (Phi) is 8.43. The van der Waals surface area contributed by atoms with Crippen LogP contribution < -0.4 is 20.2 Å². The van der Waals surface area contributed by atoms with Crippen molar-refractivity contribution in [3.63, 3.8) is 0 Å². The van der Waals surface area contributed by atoms with Crippen molar-refractivity contribution >= 4 is 35.4 Å². The molecule has 3 aromatic rings. The summed E-state index contributed by atoms with van der Waals surface area (Å²) in [4.78, 5) is 24.5. The van der Waals surface area contributed by atoms with Gasteiger partial charge in [0, 0.05) is 5.69 Å². The summed E-state index contributed by atoms with van der Waals surface area (Å²) in [5, 5.41) is 7.30. The number of carbonyl (C=O) groups is 2. The maximum atomic E-state index is 12.5. The Hall–Kier alpha value is -3.84. The summed E-state index contributed by atoms with van der Waals surface area (Å²) in [5.74, 6) is -0.252. The van der Waals surface area contributed by atoms with Crippen molar-refractivity contribution in [3.8, 4) is 11.5 Å². The molecule has 8 heteroatoms. The highest BCUT2D eigenvalue weighted by Gasteiger charge is 2.15. The van der Waals surface area contributed by atoms with Crippen LogP contribution in [0.3, 0.4) is 0 Å². The van der Waals surface area contributed by atoms with Crippen molar-refractivity contribution in [2.75, 3.05) is 18.5 Å². The maximum Gasteiger partial charge on any atom is 0.345 e. The second-order valence-electron chi connectivity index (χ2n) is 7.02. The number of rotatable bonds is 9. The van der Waals surface area contributed by atoms with Crippen LogP contribution in [-0.2, 0) is 4.79 Å². The van der Waals surface area contributed by atoms with E-state index in [9.17, 15) is 9.59 Å². The Morgan fingerprint density at radius 2 is 1.79 bits per heavy atom. The van der Waals surface area contributed by atoms with E-state index in [2.05, 4.69) is 15.8 Å². The lowest BCUT2D eigenvalue weighted by molar-refractivity contribution is -0.119. The number of anilines is 1. The van der Waals surface area contributed by atoms with Crippen LogP contribution in [0.15, 0.2) is 71.8 Å². The maximum absolute atomic E-state index is 12.5. The number of halogens is 1. The van der Waals surface area contributed by atoms with Crippen molar-refractivity contribution < 1.29 is 19.1 Å². The SMILES string of the molecule is CCOc1cc(/C=N\NC(=O)CNc2ccc(C)cc2)ccc1OC(=O)c1ccccc1Cl. The Morgan fingerprint density at radius 3 is 2.52 bits per heavy atom. The molecule has 0 atom stereocenters. The first-order chi connectivity index (χ1) is 16.0. The molecule has 0 fully saturated rings. The smallest absolute Gasteiger partial charge is 0.345 e. The number of nitrogens with zero attached hydrogens (tertiary/aromatic N) is 1. The van der Waals surface area contributed by atoms with E-state index in [0.29, 0.717) is 22.9 Å². The minimum atomic E-state index is -0.587. The third-order valence-electron chi connectivity index (χ3n) is 4.47. The van der Waals surface area contributed by atoms with Crippen LogP contribution in [0.5, 0.6) is 11.5 Å². The monoisotopic (exact) mass is 465 g/mol. The molecule has 170 valence electrons. The number of carbonyl (C=O) groups excluding carboxylic acids is 2. The number of ether oxygens (including phenoxy) is 2. The molecular formula is C25H24ClN3O4. The lowest BCUT2D eigenvalue weighted by Gasteiger charge is -2.12. The molecule has 1 amide bonds. The standard InChI is InChI=1S/C25H24ClN3O4/c1-3-32-23-14-18(10-13-22(23)33-25(31)20-6-4-5-7-21(20)26)15-28-29-24(30)16-27-19-11-8-17(2)9-12-19/h4-15,27H,3,16H2,1-2H3,(H,29,30)/b28-15-. The van der Waals surface area contributed by atoms with Crippen LogP contribution in [0.2, 0.25) is 5.02 Å². The molecular weight excluding hydrogens is 442 g/mol. The van der Waals surface area contributed by atoms with Crippen LogP contribution in [0, 0.1) is 6.92 Å². The molecule has 0 bridgehead atoms. The van der Waals surface area contributed by atoms with Crippen LogP contribution in [0.1, 0.15) is 28.4 Å². The first kappa shape index (κ1) is 23.8. The first-order valence-electron chi connectivity index (χ1n) is 10.3. The molecule has 0 saturated heterocycles. The summed E-state index contributed by atoms with van der Waals surface area (Å²) in [6, 6.07) is 19.3. The van der Waals surface area contributed by atoms with E-state index in [0.717, 1.165) is 11.3 Å². The zero-order chi connectivity index (χ0) is 23.6. The summed E-state index contributed by atoms with van der Waals surface area (Å²) in [6.07, 6.45) is 1.48. The zero-order valence-electron chi connectivity index (χ0n) is 18.3. The zero-order valence-corrected chi connectivity index (χ0v) is 19.1. The van der Waals surface area contributed by atoms with E-state index in [1.54, 1.807) is 42.5 Å². The molecule has 0 radical (unpaired) electrons. The molecule has 0 spiro atoms. The summed E-state index contributed by atoms with van der Waals surface area (Å²) in [6.45, 7) is 4.28. The third kappa shape index (κ3) is 7.08. The lowest BCUT2D eigenvalue weighted by atomic mass is 10.2. The Bertz CT molecular complexity index is 1150. The van der Waals surface area contributed by atoms with Gasteiger partial charge in [-0.2, -0.15) is 5.10 Å². The number of hydrogen-bond donors (Lipinski definition) is 2. The van der Waals surface area contributed by atoms with E-state index < -0.39 is 5.97 Å². The van der Waals surface area contributed by atoms with E-state index in [1.165, 1.54) is 6.21 Å². The minimum Gasteiger partial charge on any atom is -0.490 e. The highest BCUT2D eigenvalue weighted by molar-refractivity contribution is 6.33. The predicted octanol–water partition coefficient (Wildman–Crippen LogP) is 4.83. The van der Waals surface area contributed by atoms with Crippen LogP contribution in [0.25, 0.3) is 0 Å². The normalized spacial score (nSPS) is 10.6. The van der Waals surface area contributed by atoms with Gasteiger partial charge >= 0.3 is 5.97 Å². The summed E-state index contributed by atoms with van der Waals surface area (Å²) in [5.41, 5.74) is 5.37. The molecule has 3 aromatic carbocycles. The fourth-order valence-corrected chi connectivity index (χ4v) is 3.02. The first-order valence-corrected chi connectivity index (χ1v) is 10.7. The molecule has 0 aliphatic carbocycles. The van der Waals surface area contributed by atoms with Crippen molar-refractivity contribution in [2.45, 2.75) is 13.8 Å². The van der Waals surface area contributed by atoms with Gasteiger partial charge in [0.1, 0.15) is 0 Å². The lowest BCUT2D eigenvalue weighted by Crippen LogP contribution is -2.25. The Balaban J connectivity index is 1.60. The number of esters is 1. The molecule has 0 saturated carbocycles. The van der Waals surface area contributed by atoms with Gasteiger partial charge in [0.15, 0.2) is 11.5 Å². The number of benzene rings is 3. The van der Waals surface area contributed by atoms with Gasteiger partial charge in [0.2, 0.25) is 0 Å². The summed E-state index contributed by atoms with van der Waals surface area (Å²) >= 11 is 6.07. The van der Waals surface area contributed by atoms with Gasteiger partial charge in [-0.05, 0) is 61.9 Å². The average molecular weight is 466 g/mol. The minimum absolute atomic E-state index is 0.0849. The molecule has 2 N–H and O–H groups in total. The van der Waals surface area contributed by atoms with Crippen molar-refractivity contribution in [1.29, 1.82) is 0 Å². The molecule has 0 unspecified atom stereocenters. The highest BCUT2D eigenvalue weighted by atomic mass is 35.5. The molecule has 0 aliphatic rings. The van der Waals surface area contributed by atoms with Gasteiger partial charge in [-0.3, -0.25) is 4.79 Å². The number of nitrogens with one attached hydrogen (secondary N) is 2. The fourth-order valence-electron chi connectivity index (χ4n) is 2.81. The van der Waals surface area contributed by atoms with E-state index in [-0.39, 0.29) is 23.8 Å². The molecule has 7 nitrogen and oxygen atoms in total. The van der Waals surface area contributed by atoms with Gasteiger partial charge in [-0.15, -0.1) is 0 Å². The molecule has 33 heavy (non-hydrogen) atoms. The quantitative estimate of drug-likeness (QED) is 0.204. The average Bonchev–Trinajstić information content (AvgIpc) is 2.80. The predicted molar refractivity (Wildman–Crippen MR) is 129 cm³/mol. The third-order valence-corrected chi connectivity index (χ3v) is 4.80. The second-order valence-corrected chi connectivity index (χ2v) is 7.43. The summed E-state index contributed by atoms with van der Waals surface area (Å²) < 4.78 is 11.1. The number of hydrogen-bond acceptors (Lipinski definition) is 6. The van der Waals surface area contributed by atoms with Gasteiger partial charge in [-0.25, -0.2) is 10.2 Å². The van der Waals surface area contributed by atoms with Gasteiger partial charge in [0.05, 0.1) is 30.0 Å². The van der Waals surface area contributed by atoms with Crippen molar-refractivity contribution in [3.05, 3.63) is 88.4 Å². The van der Waals surface area contributed by atoms with Crippen LogP contribution in [0.4, 0.5) is 5.69 Å². The molecule has 0 aromatic heterocycles. The molecule has 0 aliphatic heterocycles. The second kappa shape index (κ2) is 11.7. The largest absolute Gasteiger partial charge is 0.490 e. The van der Waals surface area contributed by atoms with E-state index in [4.69, 9.17) is 21.1 Å². The van der Waals surface area contributed by atoms with Gasteiger partial charge in [0.25, 0.3) is 5.91 Å². The number of aryl methyl sites for hydroxylation is 1. The molecule has 3 rings (SSSR count). The number of hydrazone groups is 1. The van der Waals surface area contributed by atoms with E-state index >= 15 is 0 Å². The van der Waals surface area contributed by atoms with Gasteiger partial charge < -0.3 is 14.8 Å². The van der Waals surface area contributed by atoms with E-state index in [1.807, 2.05) is 38.1 Å².